The van der Waals surface area contributed by atoms with E-state index in [4.69, 9.17) is 5.73 Å². The van der Waals surface area contributed by atoms with Gasteiger partial charge in [-0.2, -0.15) is 0 Å². The highest BCUT2D eigenvalue weighted by molar-refractivity contribution is 4.72. The van der Waals surface area contributed by atoms with Crippen molar-refractivity contribution in [2.45, 2.75) is 64.7 Å². The van der Waals surface area contributed by atoms with Gasteiger partial charge < -0.3 is 5.73 Å². The SMILES string of the molecule is CCC1CCCC(CCCCCN)C1. The molecule has 84 valence electrons. The van der Waals surface area contributed by atoms with Gasteiger partial charge in [-0.15, -0.1) is 0 Å². The third kappa shape index (κ3) is 4.45. The first kappa shape index (κ1) is 12.0. The molecule has 1 heteroatoms. The van der Waals surface area contributed by atoms with Gasteiger partial charge in [-0.3, -0.25) is 0 Å². The van der Waals surface area contributed by atoms with E-state index in [1.165, 1.54) is 57.8 Å². The minimum Gasteiger partial charge on any atom is -0.330 e. The molecule has 14 heavy (non-hydrogen) atoms. The molecule has 0 aromatic heterocycles. The van der Waals surface area contributed by atoms with Crippen molar-refractivity contribution in [2.24, 2.45) is 17.6 Å². The summed E-state index contributed by atoms with van der Waals surface area (Å²) in [5.41, 5.74) is 5.49. The average molecular weight is 197 g/mol. The number of nitrogens with two attached hydrogens (primary N) is 1. The quantitative estimate of drug-likeness (QED) is 0.645. The van der Waals surface area contributed by atoms with Crippen LogP contribution in [0, 0.1) is 11.8 Å². The van der Waals surface area contributed by atoms with Crippen molar-refractivity contribution in [1.29, 1.82) is 0 Å². The molecule has 2 unspecified atom stereocenters. The number of hydrogen-bond donors (Lipinski definition) is 1. The Labute approximate surface area is 89.5 Å². The molecule has 0 aliphatic heterocycles. The summed E-state index contributed by atoms with van der Waals surface area (Å²) >= 11 is 0. The van der Waals surface area contributed by atoms with Crippen molar-refractivity contribution >= 4 is 0 Å². The Kier molecular flexibility index (Phi) is 6.25. The Morgan fingerprint density at radius 2 is 1.86 bits per heavy atom. The monoisotopic (exact) mass is 197 g/mol. The van der Waals surface area contributed by atoms with Gasteiger partial charge in [-0.25, -0.2) is 0 Å². The van der Waals surface area contributed by atoms with Gasteiger partial charge in [0.25, 0.3) is 0 Å². The molecule has 0 bridgehead atoms. The predicted octanol–water partition coefficient (Wildman–Crippen LogP) is 3.72. The molecule has 1 saturated carbocycles. The summed E-state index contributed by atoms with van der Waals surface area (Å²) in [6.45, 7) is 3.23. The molecule has 1 aliphatic carbocycles. The second-order valence-electron chi connectivity index (χ2n) is 4.94. The molecule has 1 nitrogen and oxygen atoms in total. The van der Waals surface area contributed by atoms with Crippen LogP contribution in [0.25, 0.3) is 0 Å². The van der Waals surface area contributed by atoms with E-state index in [9.17, 15) is 0 Å². The van der Waals surface area contributed by atoms with Crippen LogP contribution in [0.3, 0.4) is 0 Å². The summed E-state index contributed by atoms with van der Waals surface area (Å²) in [4.78, 5) is 0. The van der Waals surface area contributed by atoms with Crippen LogP contribution < -0.4 is 5.73 Å². The molecule has 2 N–H and O–H groups in total. The van der Waals surface area contributed by atoms with Crippen LogP contribution in [0.1, 0.15) is 64.7 Å². The molecule has 0 radical (unpaired) electrons. The summed E-state index contributed by atoms with van der Waals surface area (Å²) in [5, 5.41) is 0. The molecule has 1 rings (SSSR count). The van der Waals surface area contributed by atoms with Gasteiger partial charge in [0, 0.05) is 0 Å². The minimum absolute atomic E-state index is 0.877. The summed E-state index contributed by atoms with van der Waals surface area (Å²) in [5.74, 6) is 2.09. The van der Waals surface area contributed by atoms with Crippen LogP contribution in [-0.2, 0) is 0 Å². The fraction of sp³-hybridized carbons (Fsp3) is 1.00. The molecule has 0 spiro atoms. The Hall–Kier alpha value is -0.0400. The lowest BCUT2D eigenvalue weighted by molar-refractivity contribution is 0.245. The maximum atomic E-state index is 5.49. The molecule has 0 saturated heterocycles. The van der Waals surface area contributed by atoms with Gasteiger partial charge in [-0.1, -0.05) is 51.9 Å². The lowest BCUT2D eigenvalue weighted by atomic mass is 9.78. The van der Waals surface area contributed by atoms with Crippen molar-refractivity contribution < 1.29 is 0 Å². The number of unbranched alkanes of at least 4 members (excludes halogenated alkanes) is 2. The van der Waals surface area contributed by atoms with E-state index in [0.29, 0.717) is 0 Å². The maximum Gasteiger partial charge on any atom is -0.00773 e. The first-order chi connectivity index (χ1) is 6.86. The van der Waals surface area contributed by atoms with Gasteiger partial charge in [-0.05, 0) is 31.2 Å². The summed E-state index contributed by atoms with van der Waals surface area (Å²) in [6, 6.07) is 0. The van der Waals surface area contributed by atoms with Crippen molar-refractivity contribution in [2.75, 3.05) is 6.54 Å². The first-order valence-electron chi connectivity index (χ1n) is 6.56. The van der Waals surface area contributed by atoms with E-state index in [2.05, 4.69) is 6.92 Å². The molecule has 1 aliphatic rings. The first-order valence-corrected chi connectivity index (χ1v) is 6.56. The normalized spacial score (nSPS) is 27.9. The second kappa shape index (κ2) is 7.28. The van der Waals surface area contributed by atoms with E-state index in [1.54, 1.807) is 0 Å². The molecular weight excluding hydrogens is 170 g/mol. The molecule has 0 heterocycles. The van der Waals surface area contributed by atoms with E-state index < -0.39 is 0 Å². The second-order valence-corrected chi connectivity index (χ2v) is 4.94. The van der Waals surface area contributed by atoms with Gasteiger partial charge in [0.1, 0.15) is 0 Å². The van der Waals surface area contributed by atoms with Gasteiger partial charge in [0.2, 0.25) is 0 Å². The third-order valence-electron chi connectivity index (χ3n) is 3.79. The van der Waals surface area contributed by atoms with Crippen molar-refractivity contribution in [3.63, 3.8) is 0 Å². The highest BCUT2D eigenvalue weighted by Crippen LogP contribution is 2.33. The zero-order valence-electron chi connectivity index (χ0n) is 9.80. The smallest absolute Gasteiger partial charge is 0.00773 e. The van der Waals surface area contributed by atoms with Crippen molar-refractivity contribution in [1.82, 2.24) is 0 Å². The summed E-state index contributed by atoms with van der Waals surface area (Å²) < 4.78 is 0. The Bertz CT molecular complexity index is 133. The highest BCUT2D eigenvalue weighted by Gasteiger charge is 2.19. The molecule has 0 aromatic rings. The van der Waals surface area contributed by atoms with Crippen molar-refractivity contribution in [3.05, 3.63) is 0 Å². The van der Waals surface area contributed by atoms with Crippen LogP contribution in [-0.4, -0.2) is 6.54 Å². The maximum absolute atomic E-state index is 5.49. The van der Waals surface area contributed by atoms with Gasteiger partial charge >= 0.3 is 0 Å². The van der Waals surface area contributed by atoms with Crippen LogP contribution in [0.15, 0.2) is 0 Å². The van der Waals surface area contributed by atoms with Crippen molar-refractivity contribution in [3.8, 4) is 0 Å². The summed E-state index contributed by atoms with van der Waals surface area (Å²) in [7, 11) is 0. The summed E-state index contributed by atoms with van der Waals surface area (Å²) in [6.07, 6.45) is 12.9. The van der Waals surface area contributed by atoms with E-state index >= 15 is 0 Å². The molecule has 1 fully saturated rings. The zero-order valence-corrected chi connectivity index (χ0v) is 9.80. The predicted molar refractivity (Wildman–Crippen MR) is 63.3 cm³/mol. The largest absolute Gasteiger partial charge is 0.330 e. The number of hydrogen-bond acceptors (Lipinski definition) is 1. The van der Waals surface area contributed by atoms with Crippen LogP contribution in [0.5, 0.6) is 0 Å². The number of rotatable bonds is 6. The van der Waals surface area contributed by atoms with Crippen LogP contribution in [0.2, 0.25) is 0 Å². The molecule has 0 aromatic carbocycles. The fourth-order valence-corrected chi connectivity index (χ4v) is 2.79. The van der Waals surface area contributed by atoms with E-state index in [1.807, 2.05) is 0 Å². The minimum atomic E-state index is 0.877. The molecule has 2 atom stereocenters. The average Bonchev–Trinajstić information content (AvgIpc) is 2.25. The Morgan fingerprint density at radius 1 is 1.07 bits per heavy atom. The Balaban J connectivity index is 2.05. The lowest BCUT2D eigenvalue weighted by Gasteiger charge is -2.28. The van der Waals surface area contributed by atoms with Gasteiger partial charge in [0.15, 0.2) is 0 Å². The zero-order chi connectivity index (χ0) is 10.2. The fourth-order valence-electron chi connectivity index (χ4n) is 2.79. The van der Waals surface area contributed by atoms with Crippen LogP contribution in [0.4, 0.5) is 0 Å². The Morgan fingerprint density at radius 3 is 2.57 bits per heavy atom. The highest BCUT2D eigenvalue weighted by atomic mass is 14.5. The lowest BCUT2D eigenvalue weighted by Crippen LogP contribution is -2.15. The van der Waals surface area contributed by atoms with E-state index in [-0.39, 0.29) is 0 Å². The van der Waals surface area contributed by atoms with Gasteiger partial charge in [0.05, 0.1) is 0 Å². The van der Waals surface area contributed by atoms with E-state index in [0.717, 1.165) is 18.4 Å². The topological polar surface area (TPSA) is 26.0 Å². The molecule has 0 amide bonds. The third-order valence-corrected chi connectivity index (χ3v) is 3.79. The standard InChI is InChI=1S/C13H27N/c1-2-12-8-6-9-13(11-12)7-4-3-5-10-14/h12-13H,2-11,14H2,1H3. The molecular formula is C13H27N. The van der Waals surface area contributed by atoms with Crippen LogP contribution >= 0.6 is 0 Å².